The highest BCUT2D eigenvalue weighted by Crippen LogP contribution is 2.28. The van der Waals surface area contributed by atoms with Gasteiger partial charge in [-0.25, -0.2) is 13.4 Å². The van der Waals surface area contributed by atoms with E-state index in [4.69, 9.17) is 4.42 Å². The van der Waals surface area contributed by atoms with Crippen molar-refractivity contribution in [3.8, 4) is 0 Å². The van der Waals surface area contributed by atoms with E-state index in [1.54, 1.807) is 18.2 Å². The summed E-state index contributed by atoms with van der Waals surface area (Å²) in [6.07, 6.45) is 0. The van der Waals surface area contributed by atoms with Crippen molar-refractivity contribution in [1.29, 1.82) is 0 Å². The number of nitrogens with zero attached hydrogens (tertiary/aromatic N) is 2. The molecule has 0 unspecified atom stereocenters. The van der Waals surface area contributed by atoms with Gasteiger partial charge in [-0.3, -0.25) is 0 Å². The molecule has 138 valence electrons. The van der Waals surface area contributed by atoms with Gasteiger partial charge < -0.3 is 4.42 Å². The van der Waals surface area contributed by atoms with Gasteiger partial charge in [0, 0.05) is 23.3 Å². The van der Waals surface area contributed by atoms with Crippen molar-refractivity contribution >= 4 is 48.8 Å². The summed E-state index contributed by atoms with van der Waals surface area (Å²) in [4.78, 5) is 4.68. The van der Waals surface area contributed by atoms with Gasteiger partial charge in [-0.1, -0.05) is 53.7 Å². The fraction of sp³-hybridized carbons (Fsp3) is 0.278. The van der Waals surface area contributed by atoms with Crippen LogP contribution in [0.5, 0.6) is 0 Å². The highest BCUT2D eigenvalue weighted by Gasteiger charge is 2.22. The Kier molecular flexibility index (Phi) is 6.06. The van der Waals surface area contributed by atoms with E-state index in [0.29, 0.717) is 29.4 Å². The molecule has 0 saturated heterocycles. The van der Waals surface area contributed by atoms with Crippen LogP contribution in [-0.4, -0.2) is 30.8 Å². The van der Waals surface area contributed by atoms with Gasteiger partial charge in [0.2, 0.25) is 10.0 Å². The molecule has 0 radical (unpaired) electrons. The molecular formula is C18H19BrN2O3S2. The summed E-state index contributed by atoms with van der Waals surface area (Å²) in [6, 6.07) is 12.9. The molecule has 0 aliphatic heterocycles. The largest absolute Gasteiger partial charge is 0.431 e. The minimum absolute atomic E-state index is 0.242. The number of benzene rings is 2. The Bertz CT molecular complexity index is 997. The molecule has 8 heteroatoms. The van der Waals surface area contributed by atoms with Crippen LogP contribution in [0.3, 0.4) is 0 Å². The van der Waals surface area contributed by atoms with Gasteiger partial charge in [0.1, 0.15) is 5.52 Å². The molecule has 5 nitrogen and oxygen atoms in total. The van der Waals surface area contributed by atoms with Crippen LogP contribution in [-0.2, 0) is 15.8 Å². The summed E-state index contributed by atoms with van der Waals surface area (Å²) in [5, 5.41) is 0.528. The van der Waals surface area contributed by atoms with E-state index in [0.717, 1.165) is 15.8 Å². The number of aromatic nitrogens is 1. The van der Waals surface area contributed by atoms with Crippen LogP contribution in [0.15, 0.2) is 61.5 Å². The van der Waals surface area contributed by atoms with E-state index >= 15 is 0 Å². The summed E-state index contributed by atoms with van der Waals surface area (Å²) < 4.78 is 33.5. The quantitative estimate of drug-likeness (QED) is 0.474. The van der Waals surface area contributed by atoms with E-state index in [9.17, 15) is 8.42 Å². The summed E-state index contributed by atoms with van der Waals surface area (Å²) in [5.74, 6) is 0.727. The van der Waals surface area contributed by atoms with Crippen LogP contribution < -0.4 is 0 Å². The highest BCUT2D eigenvalue weighted by atomic mass is 79.9. The number of hydrogen-bond donors (Lipinski definition) is 0. The van der Waals surface area contributed by atoms with Gasteiger partial charge in [-0.15, -0.1) is 0 Å². The molecule has 0 spiro atoms. The molecule has 3 aromatic rings. The van der Waals surface area contributed by atoms with Crippen molar-refractivity contribution in [2.75, 3.05) is 13.1 Å². The second kappa shape index (κ2) is 8.12. The molecule has 0 bridgehead atoms. The molecular weight excluding hydrogens is 436 g/mol. The number of sulfonamides is 1. The van der Waals surface area contributed by atoms with Crippen molar-refractivity contribution in [2.45, 2.75) is 29.7 Å². The molecule has 0 N–H and O–H groups in total. The monoisotopic (exact) mass is 454 g/mol. The lowest BCUT2D eigenvalue weighted by Crippen LogP contribution is -2.30. The summed E-state index contributed by atoms with van der Waals surface area (Å²) in [5.41, 5.74) is 2.29. The number of oxazole rings is 1. The first-order valence-electron chi connectivity index (χ1n) is 8.22. The second-order valence-corrected chi connectivity index (χ2v) is 9.39. The van der Waals surface area contributed by atoms with Gasteiger partial charge in [0.05, 0.1) is 4.90 Å². The average molecular weight is 455 g/mol. The maximum Gasteiger partial charge on any atom is 0.257 e. The topological polar surface area (TPSA) is 63.4 Å². The number of rotatable bonds is 7. The van der Waals surface area contributed by atoms with Crippen LogP contribution in [0.1, 0.15) is 19.4 Å². The van der Waals surface area contributed by atoms with E-state index in [1.807, 2.05) is 38.1 Å². The Morgan fingerprint density at radius 2 is 1.81 bits per heavy atom. The molecule has 1 heterocycles. The summed E-state index contributed by atoms with van der Waals surface area (Å²) in [6.45, 7) is 4.52. The Morgan fingerprint density at radius 3 is 2.46 bits per heavy atom. The lowest BCUT2D eigenvalue weighted by Gasteiger charge is -2.18. The van der Waals surface area contributed by atoms with Gasteiger partial charge in [-0.05, 0) is 35.9 Å². The van der Waals surface area contributed by atoms with E-state index < -0.39 is 10.0 Å². The molecule has 0 aliphatic rings. The smallest absolute Gasteiger partial charge is 0.257 e. The van der Waals surface area contributed by atoms with Crippen LogP contribution in [0.25, 0.3) is 11.1 Å². The normalized spacial score (nSPS) is 12.2. The maximum absolute atomic E-state index is 12.6. The maximum atomic E-state index is 12.6. The predicted molar refractivity (Wildman–Crippen MR) is 108 cm³/mol. The Labute approximate surface area is 166 Å². The zero-order chi connectivity index (χ0) is 18.7. The lowest BCUT2D eigenvalue weighted by molar-refractivity contribution is 0.445. The van der Waals surface area contributed by atoms with Crippen LogP contribution in [0, 0.1) is 0 Å². The van der Waals surface area contributed by atoms with Crippen molar-refractivity contribution in [2.24, 2.45) is 0 Å². The number of halogens is 1. The van der Waals surface area contributed by atoms with Crippen molar-refractivity contribution in [3.63, 3.8) is 0 Å². The SMILES string of the molecule is CCN(CC)S(=O)(=O)c1ccc2oc(SCc3ccc(Br)cc3)nc2c1. The lowest BCUT2D eigenvalue weighted by atomic mass is 10.2. The zero-order valence-electron chi connectivity index (χ0n) is 14.5. The standard InChI is InChI=1S/C18H19BrN2O3S2/c1-3-21(4-2)26(22,23)15-9-10-17-16(11-15)20-18(24-17)25-12-13-5-7-14(19)8-6-13/h5-11H,3-4,12H2,1-2H3. The van der Waals surface area contributed by atoms with Crippen molar-refractivity contribution in [1.82, 2.24) is 9.29 Å². The highest BCUT2D eigenvalue weighted by molar-refractivity contribution is 9.10. The Hall–Kier alpha value is -1.35. The van der Waals surface area contributed by atoms with E-state index in [-0.39, 0.29) is 4.90 Å². The van der Waals surface area contributed by atoms with Crippen LogP contribution >= 0.6 is 27.7 Å². The molecule has 26 heavy (non-hydrogen) atoms. The first-order chi connectivity index (χ1) is 12.4. The van der Waals surface area contributed by atoms with Gasteiger partial charge in [0.15, 0.2) is 5.58 Å². The first-order valence-corrected chi connectivity index (χ1v) is 11.4. The molecule has 3 rings (SSSR count). The third-order valence-corrected chi connectivity index (χ3v) is 7.43. The third kappa shape index (κ3) is 4.14. The first kappa shape index (κ1) is 19.4. The number of hydrogen-bond acceptors (Lipinski definition) is 5. The average Bonchev–Trinajstić information content (AvgIpc) is 3.04. The minimum atomic E-state index is -3.50. The molecule has 0 amide bonds. The summed E-state index contributed by atoms with van der Waals surface area (Å²) in [7, 11) is -3.50. The summed E-state index contributed by atoms with van der Waals surface area (Å²) >= 11 is 4.90. The fourth-order valence-electron chi connectivity index (χ4n) is 2.55. The predicted octanol–water partition coefficient (Wildman–Crippen LogP) is 4.91. The third-order valence-electron chi connectivity index (χ3n) is 3.96. The van der Waals surface area contributed by atoms with Crippen molar-refractivity contribution < 1.29 is 12.8 Å². The van der Waals surface area contributed by atoms with Crippen LogP contribution in [0.4, 0.5) is 0 Å². The number of thioether (sulfide) groups is 1. The Balaban J connectivity index is 1.82. The van der Waals surface area contributed by atoms with Gasteiger partial charge >= 0.3 is 0 Å². The molecule has 0 aliphatic carbocycles. The van der Waals surface area contributed by atoms with Crippen molar-refractivity contribution in [3.05, 3.63) is 52.5 Å². The van der Waals surface area contributed by atoms with Gasteiger partial charge in [0.25, 0.3) is 5.22 Å². The van der Waals surface area contributed by atoms with E-state index in [2.05, 4.69) is 20.9 Å². The molecule has 0 saturated carbocycles. The molecule has 0 atom stereocenters. The number of fused-ring (bicyclic) bond motifs is 1. The zero-order valence-corrected chi connectivity index (χ0v) is 17.7. The molecule has 2 aromatic carbocycles. The van der Waals surface area contributed by atoms with Gasteiger partial charge in [-0.2, -0.15) is 4.31 Å². The Morgan fingerprint density at radius 1 is 1.12 bits per heavy atom. The van der Waals surface area contributed by atoms with E-state index in [1.165, 1.54) is 16.1 Å². The second-order valence-electron chi connectivity index (χ2n) is 5.61. The molecule has 1 aromatic heterocycles. The van der Waals surface area contributed by atoms with Crippen LogP contribution in [0.2, 0.25) is 0 Å². The minimum Gasteiger partial charge on any atom is -0.431 e. The molecule has 0 fully saturated rings. The fourth-order valence-corrected chi connectivity index (χ4v) is 5.08.